The fourth-order valence-corrected chi connectivity index (χ4v) is 2.75. The maximum absolute atomic E-state index is 12.4. The van der Waals surface area contributed by atoms with E-state index in [1.54, 1.807) is 57.2 Å². The molecule has 1 aliphatic heterocycles. The molecule has 2 atom stereocenters. The summed E-state index contributed by atoms with van der Waals surface area (Å²) >= 11 is 0. The number of esters is 1. The molecule has 0 saturated heterocycles. The highest BCUT2D eigenvalue weighted by Gasteiger charge is 2.41. The third-order valence-corrected chi connectivity index (χ3v) is 4.05. The van der Waals surface area contributed by atoms with Gasteiger partial charge < -0.3 is 4.74 Å². The van der Waals surface area contributed by atoms with Crippen LogP contribution in [0.5, 0.6) is 0 Å². The summed E-state index contributed by atoms with van der Waals surface area (Å²) in [6.45, 7) is 5.36. The molecule has 3 rings (SSSR count). The second-order valence-corrected chi connectivity index (χ2v) is 6.91. The van der Waals surface area contributed by atoms with Gasteiger partial charge in [0, 0.05) is 6.42 Å². The molecule has 1 heterocycles. The van der Waals surface area contributed by atoms with Crippen molar-refractivity contribution in [2.75, 3.05) is 0 Å². The minimum Gasteiger partial charge on any atom is -0.458 e. The third-order valence-electron chi connectivity index (χ3n) is 4.05. The molecule has 0 radical (unpaired) electrons. The van der Waals surface area contributed by atoms with Gasteiger partial charge in [0.15, 0.2) is 0 Å². The minimum absolute atomic E-state index is 0.289. The van der Waals surface area contributed by atoms with Crippen molar-refractivity contribution >= 4 is 17.8 Å². The number of benzene rings is 1. The van der Waals surface area contributed by atoms with E-state index < -0.39 is 11.5 Å². The van der Waals surface area contributed by atoms with Gasteiger partial charge in [-0.2, -0.15) is 0 Å². The van der Waals surface area contributed by atoms with Crippen molar-refractivity contribution in [1.29, 1.82) is 0 Å². The molecule has 0 unspecified atom stereocenters. The van der Waals surface area contributed by atoms with E-state index in [0.717, 1.165) is 0 Å². The van der Waals surface area contributed by atoms with Crippen LogP contribution in [-0.2, 0) is 9.53 Å². The number of amides is 2. The molecule has 0 aromatic heterocycles. The first-order chi connectivity index (χ1) is 10.8. The lowest BCUT2D eigenvalue weighted by molar-refractivity contribution is -0.156. The average molecular weight is 313 g/mol. The molecule has 1 aliphatic carbocycles. The van der Waals surface area contributed by atoms with Crippen molar-refractivity contribution in [2.45, 2.75) is 39.3 Å². The summed E-state index contributed by atoms with van der Waals surface area (Å²) in [6, 6.07) is 6.43. The van der Waals surface area contributed by atoms with Gasteiger partial charge in [-0.1, -0.05) is 18.2 Å². The Hall–Kier alpha value is -2.43. The van der Waals surface area contributed by atoms with Crippen molar-refractivity contribution in [3.8, 4) is 0 Å². The molecule has 0 bridgehead atoms. The highest BCUT2D eigenvalue weighted by atomic mass is 16.5. The van der Waals surface area contributed by atoms with Crippen molar-refractivity contribution in [1.82, 2.24) is 4.90 Å². The third kappa shape index (κ3) is 2.67. The summed E-state index contributed by atoms with van der Waals surface area (Å²) in [5, 5.41) is 0. The summed E-state index contributed by atoms with van der Waals surface area (Å²) in [4.78, 5) is 38.1. The van der Waals surface area contributed by atoms with Gasteiger partial charge >= 0.3 is 5.97 Å². The van der Waals surface area contributed by atoms with Crippen LogP contribution in [0.2, 0.25) is 0 Å². The lowest BCUT2D eigenvalue weighted by atomic mass is 9.97. The standard InChI is InChI=1S/C18H19NO4/c1-18(2,3)17(22)23-12-9-8-11(10-12)19-15(20)13-6-4-5-7-14(13)16(19)21/h4-9,11-12H,10H2,1-3H3/t11-,12+/m0/s1. The number of nitrogens with zero attached hydrogens (tertiary/aromatic N) is 1. The Balaban J connectivity index is 1.72. The molecule has 2 amide bonds. The van der Waals surface area contributed by atoms with Crippen LogP contribution < -0.4 is 0 Å². The molecular weight excluding hydrogens is 294 g/mol. The lowest BCUT2D eigenvalue weighted by Gasteiger charge is -2.23. The van der Waals surface area contributed by atoms with E-state index >= 15 is 0 Å². The first-order valence-corrected chi connectivity index (χ1v) is 7.65. The monoisotopic (exact) mass is 313 g/mol. The number of rotatable bonds is 2. The van der Waals surface area contributed by atoms with E-state index in [0.29, 0.717) is 17.5 Å². The highest BCUT2D eigenvalue weighted by Crippen LogP contribution is 2.30. The van der Waals surface area contributed by atoms with Gasteiger partial charge in [0.2, 0.25) is 0 Å². The molecule has 0 saturated carbocycles. The van der Waals surface area contributed by atoms with Gasteiger partial charge in [0.25, 0.3) is 11.8 Å². The van der Waals surface area contributed by atoms with Crippen LogP contribution in [0.1, 0.15) is 47.9 Å². The molecule has 5 heteroatoms. The molecule has 2 aliphatic rings. The zero-order chi connectivity index (χ0) is 16.8. The summed E-state index contributed by atoms with van der Waals surface area (Å²) in [5.74, 6) is -0.874. The fourth-order valence-electron chi connectivity index (χ4n) is 2.75. The van der Waals surface area contributed by atoms with Gasteiger partial charge in [-0.3, -0.25) is 19.3 Å². The number of hydrogen-bond acceptors (Lipinski definition) is 4. The van der Waals surface area contributed by atoms with Gasteiger partial charge in [-0.25, -0.2) is 0 Å². The largest absolute Gasteiger partial charge is 0.458 e. The number of fused-ring (bicyclic) bond motifs is 1. The Morgan fingerprint density at radius 1 is 1.09 bits per heavy atom. The Kier molecular flexibility index (Phi) is 3.59. The van der Waals surface area contributed by atoms with E-state index in [4.69, 9.17) is 4.74 Å². The molecule has 23 heavy (non-hydrogen) atoms. The Morgan fingerprint density at radius 3 is 2.17 bits per heavy atom. The first kappa shape index (κ1) is 15.5. The fraction of sp³-hybridized carbons (Fsp3) is 0.389. The minimum atomic E-state index is -0.582. The average Bonchev–Trinajstić information content (AvgIpc) is 3.03. The highest BCUT2D eigenvalue weighted by molar-refractivity contribution is 6.21. The predicted octanol–water partition coefficient (Wildman–Crippen LogP) is 2.57. The molecule has 0 N–H and O–H groups in total. The molecule has 0 fully saturated rings. The van der Waals surface area contributed by atoms with E-state index in [1.807, 2.05) is 0 Å². The van der Waals surface area contributed by atoms with E-state index in [1.165, 1.54) is 4.90 Å². The number of hydrogen-bond donors (Lipinski definition) is 0. The van der Waals surface area contributed by atoms with Crippen LogP contribution in [0, 0.1) is 5.41 Å². The van der Waals surface area contributed by atoms with E-state index in [9.17, 15) is 14.4 Å². The Bertz CT molecular complexity index is 679. The summed E-state index contributed by atoms with van der Waals surface area (Å²) in [6.07, 6.45) is 3.52. The van der Waals surface area contributed by atoms with E-state index in [2.05, 4.69) is 0 Å². The number of carbonyl (C=O) groups is 3. The first-order valence-electron chi connectivity index (χ1n) is 7.65. The van der Waals surface area contributed by atoms with Crippen molar-refractivity contribution in [2.24, 2.45) is 5.41 Å². The molecule has 1 aromatic rings. The van der Waals surface area contributed by atoms with Crippen LogP contribution in [-0.4, -0.2) is 34.8 Å². The smallest absolute Gasteiger partial charge is 0.311 e. The summed E-state index contributed by atoms with van der Waals surface area (Å²) < 4.78 is 5.44. The topological polar surface area (TPSA) is 63.7 Å². The maximum Gasteiger partial charge on any atom is 0.311 e. The second-order valence-electron chi connectivity index (χ2n) is 6.91. The van der Waals surface area contributed by atoms with Crippen LogP contribution >= 0.6 is 0 Å². The van der Waals surface area contributed by atoms with Gasteiger partial charge in [-0.05, 0) is 39.0 Å². The second kappa shape index (κ2) is 5.33. The number of ether oxygens (including phenoxy) is 1. The number of imide groups is 1. The van der Waals surface area contributed by atoms with Crippen LogP contribution in [0.3, 0.4) is 0 Å². The van der Waals surface area contributed by atoms with Crippen molar-refractivity contribution < 1.29 is 19.1 Å². The molecule has 120 valence electrons. The van der Waals surface area contributed by atoms with Crippen molar-refractivity contribution in [3.05, 3.63) is 47.5 Å². The zero-order valence-corrected chi connectivity index (χ0v) is 13.4. The van der Waals surface area contributed by atoms with Crippen molar-refractivity contribution in [3.63, 3.8) is 0 Å². The Labute approximate surface area is 134 Å². The van der Waals surface area contributed by atoms with Gasteiger partial charge in [-0.15, -0.1) is 0 Å². The van der Waals surface area contributed by atoms with Gasteiger partial charge in [0.1, 0.15) is 6.10 Å². The Morgan fingerprint density at radius 2 is 1.65 bits per heavy atom. The maximum atomic E-state index is 12.4. The summed E-state index contributed by atoms with van der Waals surface area (Å²) in [5.41, 5.74) is 0.281. The number of carbonyl (C=O) groups excluding carboxylic acids is 3. The lowest BCUT2D eigenvalue weighted by Crippen LogP contribution is -2.39. The quantitative estimate of drug-likeness (QED) is 0.478. The SMILES string of the molecule is CC(C)(C)C(=O)O[C@@H]1C=C[C@H](N2C(=O)c3ccccc3C2=O)C1. The predicted molar refractivity (Wildman–Crippen MR) is 83.8 cm³/mol. The van der Waals surface area contributed by atoms with Crippen LogP contribution in [0.25, 0.3) is 0 Å². The summed E-state index contributed by atoms with van der Waals surface area (Å²) in [7, 11) is 0. The molecule has 5 nitrogen and oxygen atoms in total. The molecule has 0 spiro atoms. The normalized spacial score (nSPS) is 23.3. The van der Waals surface area contributed by atoms with Crippen LogP contribution in [0.15, 0.2) is 36.4 Å². The zero-order valence-electron chi connectivity index (χ0n) is 13.4. The van der Waals surface area contributed by atoms with E-state index in [-0.39, 0.29) is 23.8 Å². The van der Waals surface area contributed by atoms with Gasteiger partial charge in [0.05, 0.1) is 22.6 Å². The van der Waals surface area contributed by atoms with Crippen LogP contribution in [0.4, 0.5) is 0 Å². The molecular formula is C18H19NO4. The molecule has 1 aromatic carbocycles.